The average Bonchev–Trinajstić information content (AvgIpc) is 2.69. The van der Waals surface area contributed by atoms with Crippen LogP contribution in [0.15, 0.2) is 24.3 Å². The largest absolute Gasteiger partial charge is 0.458 e. The quantitative estimate of drug-likeness (QED) is 0.143. The maximum atomic E-state index is 11.4. The molecule has 0 bridgehead atoms. The molecule has 7 heteroatoms. The third-order valence-electron chi connectivity index (χ3n) is 4.02. The van der Waals surface area contributed by atoms with Gasteiger partial charge in [-0.2, -0.15) is 0 Å². The molecule has 1 amide bonds. The topological polar surface area (TPSA) is 73.9 Å². The van der Waals surface area contributed by atoms with Crippen molar-refractivity contribution in [2.75, 3.05) is 19.8 Å². The minimum absolute atomic E-state index is 0.0550. The maximum Gasteiger partial charge on any atom is 0.407 e. The van der Waals surface area contributed by atoms with E-state index in [1.807, 2.05) is 41.5 Å². The Bertz CT molecular complexity index is 760. The summed E-state index contributed by atoms with van der Waals surface area (Å²) in [6.45, 7) is 12.2. The molecule has 1 N–H and O–H groups in total. The Labute approximate surface area is 220 Å². The van der Waals surface area contributed by atoms with Crippen molar-refractivity contribution in [3.05, 3.63) is 33.4 Å². The van der Waals surface area contributed by atoms with Gasteiger partial charge in [0.1, 0.15) is 17.8 Å². The first-order chi connectivity index (χ1) is 15.8. The highest BCUT2D eigenvalue weighted by Crippen LogP contribution is 2.15. The minimum atomic E-state index is -0.444. The number of unbranched alkanes of at least 4 members (excludes halogenated alkanes) is 3. The summed E-state index contributed by atoms with van der Waals surface area (Å²) >= 11 is 2.39. The number of terminal acetylenes is 1. The molecule has 0 atom stereocenters. The lowest BCUT2D eigenvalue weighted by Crippen LogP contribution is -2.32. The second-order valence-corrected chi connectivity index (χ2v) is 10.9. The number of benzene rings is 1. The van der Waals surface area contributed by atoms with E-state index in [4.69, 9.17) is 20.6 Å². The van der Waals surface area contributed by atoms with Crippen LogP contribution in [-0.2, 0) is 25.4 Å². The Morgan fingerprint density at radius 1 is 0.971 bits per heavy atom. The number of alkyl carbamates (subject to hydrolysis) is 1. The van der Waals surface area contributed by atoms with Crippen LogP contribution >= 0.6 is 22.6 Å². The highest BCUT2D eigenvalue weighted by atomic mass is 127. The highest BCUT2D eigenvalue weighted by molar-refractivity contribution is 14.1. The van der Waals surface area contributed by atoms with Crippen molar-refractivity contribution in [2.24, 2.45) is 0 Å². The fraction of sp³-hybridized carbons (Fsp3) is 0.630. The normalized spacial score (nSPS) is 11.0. The van der Waals surface area contributed by atoms with E-state index in [1.165, 1.54) is 22.0 Å². The van der Waals surface area contributed by atoms with Gasteiger partial charge in [-0.3, -0.25) is 0 Å². The first-order valence-corrected chi connectivity index (χ1v) is 12.9. The molecule has 0 spiro atoms. The number of carbonyl (C=O) groups excluding carboxylic acids is 2. The van der Waals surface area contributed by atoms with Crippen LogP contribution in [0.5, 0.6) is 0 Å². The van der Waals surface area contributed by atoms with Crippen LogP contribution in [0.1, 0.15) is 79.2 Å². The van der Waals surface area contributed by atoms with E-state index < -0.39 is 17.3 Å². The van der Waals surface area contributed by atoms with Crippen molar-refractivity contribution in [1.82, 2.24) is 5.32 Å². The molecule has 0 aromatic heterocycles. The van der Waals surface area contributed by atoms with Gasteiger partial charge in [-0.15, -0.1) is 12.3 Å². The Hall–Kier alpha value is -1.79. The molecular weight excluding hydrogens is 545 g/mol. The van der Waals surface area contributed by atoms with Gasteiger partial charge >= 0.3 is 12.1 Å². The van der Waals surface area contributed by atoms with Crippen LogP contribution in [0.4, 0.5) is 4.79 Å². The molecule has 0 aliphatic rings. The number of nitrogens with one attached hydrogen (secondary N) is 1. The molecule has 34 heavy (non-hydrogen) atoms. The van der Waals surface area contributed by atoms with Crippen LogP contribution < -0.4 is 5.32 Å². The summed E-state index contributed by atoms with van der Waals surface area (Å²) in [6.07, 6.45) is 10.8. The van der Waals surface area contributed by atoms with Gasteiger partial charge in [0, 0.05) is 23.1 Å². The lowest BCUT2D eigenvalue weighted by atomic mass is 10.1. The van der Waals surface area contributed by atoms with E-state index in [9.17, 15) is 9.59 Å². The van der Waals surface area contributed by atoms with Crippen LogP contribution in [0.3, 0.4) is 0 Å². The zero-order valence-corrected chi connectivity index (χ0v) is 23.8. The number of rotatable bonds is 11. The van der Waals surface area contributed by atoms with Crippen LogP contribution in [0.2, 0.25) is 0 Å². The fourth-order valence-corrected chi connectivity index (χ4v) is 3.31. The Kier molecular flexibility index (Phi) is 16.7. The Morgan fingerprint density at radius 2 is 1.59 bits per heavy atom. The van der Waals surface area contributed by atoms with Crippen LogP contribution in [0.25, 0.3) is 0 Å². The number of halogens is 1. The van der Waals surface area contributed by atoms with Gasteiger partial charge in [0.15, 0.2) is 0 Å². The molecule has 0 heterocycles. The molecule has 0 saturated heterocycles. The smallest absolute Gasteiger partial charge is 0.407 e. The monoisotopic (exact) mass is 587 g/mol. The second kappa shape index (κ2) is 17.6. The van der Waals surface area contributed by atoms with Crippen molar-refractivity contribution >= 4 is 34.7 Å². The number of esters is 1. The third kappa shape index (κ3) is 20.8. The second-order valence-electron chi connectivity index (χ2n) is 9.78. The molecule has 0 saturated carbocycles. The fourth-order valence-electron chi connectivity index (χ4n) is 2.65. The van der Waals surface area contributed by atoms with E-state index in [2.05, 4.69) is 58.1 Å². The van der Waals surface area contributed by atoms with E-state index in [1.54, 1.807) is 0 Å². The minimum Gasteiger partial charge on any atom is -0.458 e. The lowest BCUT2D eigenvalue weighted by Gasteiger charge is -2.19. The molecule has 1 aromatic carbocycles. The van der Waals surface area contributed by atoms with Crippen LogP contribution in [-0.4, -0.2) is 43.0 Å². The molecule has 6 nitrogen and oxygen atoms in total. The number of amides is 1. The predicted molar refractivity (Wildman–Crippen MR) is 146 cm³/mol. The summed E-state index contributed by atoms with van der Waals surface area (Å²) in [7, 11) is 0. The van der Waals surface area contributed by atoms with Gasteiger partial charge in [-0.05, 0) is 95.0 Å². The highest BCUT2D eigenvalue weighted by Gasteiger charge is 2.16. The van der Waals surface area contributed by atoms with Crippen molar-refractivity contribution < 1.29 is 23.8 Å². The van der Waals surface area contributed by atoms with E-state index >= 15 is 0 Å². The average molecular weight is 588 g/mol. The molecule has 1 rings (SSSR count). The van der Waals surface area contributed by atoms with E-state index in [0.717, 1.165) is 19.3 Å². The first-order valence-electron chi connectivity index (χ1n) is 11.8. The van der Waals surface area contributed by atoms with Gasteiger partial charge in [-0.25, -0.2) is 9.59 Å². The maximum absolute atomic E-state index is 11.4. The van der Waals surface area contributed by atoms with E-state index in [0.29, 0.717) is 19.6 Å². The number of ether oxygens (including phenoxy) is 3. The summed E-state index contributed by atoms with van der Waals surface area (Å²) in [5, 5.41) is 2.54. The van der Waals surface area contributed by atoms with Crippen molar-refractivity contribution in [3.63, 3.8) is 0 Å². The Balaban J connectivity index is 0.000000770. The molecule has 0 aliphatic heterocycles. The number of hydrogen-bond donors (Lipinski definition) is 1. The zero-order chi connectivity index (χ0) is 26.0. The molecule has 0 aliphatic carbocycles. The number of hydrogen-bond acceptors (Lipinski definition) is 5. The molecule has 192 valence electrons. The van der Waals surface area contributed by atoms with E-state index in [-0.39, 0.29) is 12.6 Å². The van der Waals surface area contributed by atoms with Gasteiger partial charge in [0.05, 0.1) is 0 Å². The molecular formula is C27H42INO5. The van der Waals surface area contributed by atoms with Gasteiger partial charge in [0.2, 0.25) is 0 Å². The summed E-state index contributed by atoms with van der Waals surface area (Å²) < 4.78 is 16.8. The number of aryl methyl sites for hydroxylation is 1. The van der Waals surface area contributed by atoms with Gasteiger partial charge in [0.25, 0.3) is 0 Å². The van der Waals surface area contributed by atoms with Crippen LogP contribution in [0, 0.1) is 15.9 Å². The summed E-state index contributed by atoms with van der Waals surface area (Å²) in [6, 6.07) is 8.53. The Morgan fingerprint density at radius 3 is 2.18 bits per heavy atom. The molecule has 0 radical (unpaired) electrons. The third-order valence-corrected chi connectivity index (χ3v) is 5.07. The molecule has 0 fully saturated rings. The van der Waals surface area contributed by atoms with Crippen molar-refractivity contribution in [2.45, 2.75) is 91.3 Å². The lowest BCUT2D eigenvalue weighted by molar-refractivity contribution is -0.160. The first kappa shape index (κ1) is 32.2. The van der Waals surface area contributed by atoms with Gasteiger partial charge < -0.3 is 19.5 Å². The van der Waals surface area contributed by atoms with Crippen molar-refractivity contribution in [3.8, 4) is 12.3 Å². The molecule has 1 aromatic rings. The van der Waals surface area contributed by atoms with Gasteiger partial charge in [-0.1, -0.05) is 31.0 Å². The summed E-state index contributed by atoms with van der Waals surface area (Å²) in [4.78, 5) is 22.4. The SMILES string of the molecule is C#CCCNC(=O)OC(C)(C)C.CC(C)(C)OC(=O)COCCCCCCc1ccccc1I. The standard InChI is InChI=1S/C18H27IO3.C9H15NO2/c1-18(2,3)22-17(20)14-21-13-9-5-4-6-10-15-11-7-8-12-16(15)19;1-5-6-7-10-8(11)12-9(2,3)4/h7-8,11-12H,4-6,9-10,13-14H2,1-3H3;1H,6-7H2,2-4H3,(H,10,11). The molecule has 0 unspecified atom stereocenters. The van der Waals surface area contributed by atoms with Crippen molar-refractivity contribution in [1.29, 1.82) is 0 Å². The predicted octanol–water partition coefficient (Wildman–Crippen LogP) is 6.29. The summed E-state index contributed by atoms with van der Waals surface area (Å²) in [5.41, 5.74) is 0.555. The summed E-state index contributed by atoms with van der Waals surface area (Å²) in [5.74, 6) is 2.13. The number of carbonyl (C=O) groups is 2. The zero-order valence-electron chi connectivity index (χ0n) is 21.7.